The molecule has 0 spiro atoms. The Morgan fingerprint density at radius 2 is 1.70 bits per heavy atom. The summed E-state index contributed by atoms with van der Waals surface area (Å²) >= 11 is 0. The molecule has 0 atom stereocenters. The standard InChI is InChI=1S/C35H42N4O4/c1-5-32-37-28-19-20-31(36-22-21-29(40)26-11-7-6-8-12-26)38-33(28)39(32)23-24-15-17-25(18-16-24)27-13-9-10-14-30(27)42-34(41)43-35(2,3)4/h9-10,13-20,26H,5-8,11-12,21-23H2,1-4H3,(H,36,38). The van der Waals surface area contributed by atoms with Crippen LogP contribution in [0, 0.1) is 5.92 Å². The number of pyridine rings is 1. The highest BCUT2D eigenvalue weighted by molar-refractivity contribution is 5.81. The maximum Gasteiger partial charge on any atom is 0.514 e. The molecule has 1 aliphatic rings. The molecule has 8 heteroatoms. The molecule has 226 valence electrons. The Morgan fingerprint density at radius 3 is 2.42 bits per heavy atom. The van der Waals surface area contributed by atoms with Gasteiger partial charge >= 0.3 is 6.16 Å². The predicted octanol–water partition coefficient (Wildman–Crippen LogP) is 7.97. The summed E-state index contributed by atoms with van der Waals surface area (Å²) in [6.07, 6.45) is 6.25. The Hall–Kier alpha value is -4.20. The first-order valence-electron chi connectivity index (χ1n) is 15.4. The normalized spacial score (nSPS) is 14.0. The van der Waals surface area contributed by atoms with Gasteiger partial charge in [0.1, 0.15) is 34.3 Å². The van der Waals surface area contributed by atoms with Crippen LogP contribution in [-0.4, -0.2) is 38.6 Å². The number of ketones is 1. The summed E-state index contributed by atoms with van der Waals surface area (Å²) in [5.41, 5.74) is 3.87. The Morgan fingerprint density at radius 1 is 0.953 bits per heavy atom. The van der Waals surface area contributed by atoms with Gasteiger partial charge in [0.05, 0.1) is 6.54 Å². The van der Waals surface area contributed by atoms with Crippen molar-refractivity contribution >= 4 is 28.9 Å². The smallest absolute Gasteiger partial charge is 0.428 e. The molecule has 0 saturated heterocycles. The molecule has 1 aliphatic carbocycles. The fourth-order valence-electron chi connectivity index (χ4n) is 5.65. The molecular weight excluding hydrogens is 540 g/mol. The number of carbonyl (C=O) groups is 2. The van der Waals surface area contributed by atoms with Crippen LogP contribution < -0.4 is 10.1 Å². The monoisotopic (exact) mass is 582 g/mol. The maximum atomic E-state index is 12.6. The molecule has 1 N–H and O–H groups in total. The van der Waals surface area contributed by atoms with Gasteiger partial charge in [-0.15, -0.1) is 0 Å². The number of hydrogen-bond acceptors (Lipinski definition) is 7. The van der Waals surface area contributed by atoms with Crippen molar-refractivity contribution in [3.8, 4) is 16.9 Å². The molecule has 2 aromatic carbocycles. The Kier molecular flexibility index (Phi) is 9.43. The Balaban J connectivity index is 1.29. The van der Waals surface area contributed by atoms with E-state index in [9.17, 15) is 9.59 Å². The lowest BCUT2D eigenvalue weighted by Crippen LogP contribution is -2.26. The molecule has 2 aromatic heterocycles. The summed E-state index contributed by atoms with van der Waals surface area (Å²) in [7, 11) is 0. The highest BCUT2D eigenvalue weighted by atomic mass is 16.7. The molecule has 1 saturated carbocycles. The predicted molar refractivity (Wildman–Crippen MR) is 169 cm³/mol. The van der Waals surface area contributed by atoms with E-state index in [0.29, 0.717) is 31.0 Å². The molecular formula is C35H42N4O4. The molecule has 5 rings (SSSR count). The Labute approximate surface area is 253 Å². The lowest BCUT2D eigenvalue weighted by atomic mass is 9.85. The highest BCUT2D eigenvalue weighted by Gasteiger charge is 2.21. The number of aryl methyl sites for hydroxylation is 1. The lowest BCUT2D eigenvalue weighted by Gasteiger charge is -2.20. The number of benzene rings is 2. The van der Waals surface area contributed by atoms with Crippen LogP contribution in [0.1, 0.15) is 77.6 Å². The SMILES string of the molecule is CCc1nc2ccc(NCCC(=O)C3CCCCC3)nc2n1Cc1ccc(-c2ccccc2OC(=O)OC(C)(C)C)cc1. The third-order valence-corrected chi connectivity index (χ3v) is 7.80. The second kappa shape index (κ2) is 13.4. The van der Waals surface area contributed by atoms with E-state index in [1.54, 1.807) is 26.8 Å². The number of ether oxygens (including phenoxy) is 2. The summed E-state index contributed by atoms with van der Waals surface area (Å²) in [6, 6.07) is 19.6. The molecule has 0 amide bonds. The van der Waals surface area contributed by atoms with Crippen LogP contribution in [0.2, 0.25) is 0 Å². The number of fused-ring (bicyclic) bond motifs is 1. The first kappa shape index (κ1) is 30.3. The number of aromatic nitrogens is 3. The molecule has 0 aliphatic heterocycles. The molecule has 1 fully saturated rings. The number of carbonyl (C=O) groups excluding carboxylic acids is 2. The number of imidazole rings is 1. The van der Waals surface area contributed by atoms with Crippen molar-refractivity contribution in [1.82, 2.24) is 14.5 Å². The van der Waals surface area contributed by atoms with Crippen molar-refractivity contribution in [2.45, 2.75) is 84.8 Å². The third-order valence-electron chi connectivity index (χ3n) is 7.80. The van der Waals surface area contributed by atoms with Gasteiger partial charge in [-0.2, -0.15) is 0 Å². The van der Waals surface area contributed by atoms with Crippen LogP contribution >= 0.6 is 0 Å². The molecule has 4 aromatic rings. The number of anilines is 1. The number of rotatable bonds is 10. The minimum absolute atomic E-state index is 0.233. The largest absolute Gasteiger partial charge is 0.514 e. The second-order valence-corrected chi connectivity index (χ2v) is 12.2. The van der Waals surface area contributed by atoms with Crippen molar-refractivity contribution in [2.24, 2.45) is 5.92 Å². The van der Waals surface area contributed by atoms with E-state index < -0.39 is 11.8 Å². The summed E-state index contributed by atoms with van der Waals surface area (Å²) in [4.78, 5) is 34.7. The van der Waals surface area contributed by atoms with Gasteiger partial charge in [-0.1, -0.05) is 68.7 Å². The zero-order chi connectivity index (χ0) is 30.4. The van der Waals surface area contributed by atoms with Crippen molar-refractivity contribution in [3.05, 3.63) is 72.1 Å². The summed E-state index contributed by atoms with van der Waals surface area (Å²) < 4.78 is 13.0. The van der Waals surface area contributed by atoms with Gasteiger partial charge in [0.25, 0.3) is 0 Å². The Bertz CT molecular complexity index is 1560. The van der Waals surface area contributed by atoms with Crippen LogP contribution in [0.25, 0.3) is 22.3 Å². The van der Waals surface area contributed by atoms with Crippen molar-refractivity contribution in [3.63, 3.8) is 0 Å². The van der Waals surface area contributed by atoms with E-state index >= 15 is 0 Å². The van der Waals surface area contributed by atoms with Gasteiger partial charge < -0.3 is 19.4 Å². The van der Waals surface area contributed by atoms with E-state index in [4.69, 9.17) is 19.4 Å². The number of nitrogens with zero attached hydrogens (tertiary/aromatic N) is 3. The fourth-order valence-corrected chi connectivity index (χ4v) is 5.65. The van der Waals surface area contributed by atoms with Crippen LogP contribution in [-0.2, 0) is 22.5 Å². The van der Waals surface area contributed by atoms with Crippen LogP contribution in [0.15, 0.2) is 60.7 Å². The van der Waals surface area contributed by atoms with E-state index in [1.807, 2.05) is 42.5 Å². The number of nitrogens with one attached hydrogen (secondary N) is 1. The topological polar surface area (TPSA) is 95.3 Å². The number of para-hydroxylation sites is 1. The van der Waals surface area contributed by atoms with Crippen LogP contribution in [0.4, 0.5) is 10.6 Å². The van der Waals surface area contributed by atoms with E-state index in [-0.39, 0.29) is 5.92 Å². The fraction of sp³-hybridized carbons (Fsp3) is 0.429. The van der Waals surface area contributed by atoms with Gasteiger partial charge in [0, 0.05) is 30.9 Å². The van der Waals surface area contributed by atoms with Crippen LogP contribution in [0.3, 0.4) is 0 Å². The lowest BCUT2D eigenvalue weighted by molar-refractivity contribution is -0.123. The minimum Gasteiger partial charge on any atom is -0.428 e. The number of hydrogen-bond donors (Lipinski definition) is 1. The zero-order valence-corrected chi connectivity index (χ0v) is 25.7. The molecule has 2 heterocycles. The molecule has 0 bridgehead atoms. The zero-order valence-electron chi connectivity index (χ0n) is 25.7. The second-order valence-electron chi connectivity index (χ2n) is 12.2. The minimum atomic E-state index is -0.729. The van der Waals surface area contributed by atoms with Gasteiger partial charge in [-0.3, -0.25) is 4.79 Å². The van der Waals surface area contributed by atoms with Gasteiger partial charge in [0.15, 0.2) is 5.65 Å². The third kappa shape index (κ3) is 7.80. The summed E-state index contributed by atoms with van der Waals surface area (Å²) in [6.45, 7) is 8.72. The van der Waals surface area contributed by atoms with Gasteiger partial charge in [-0.25, -0.2) is 14.8 Å². The number of Topliss-reactive ketones (excluding diaryl/α,β-unsaturated/α-hetero) is 1. The highest BCUT2D eigenvalue weighted by Crippen LogP contribution is 2.31. The maximum absolute atomic E-state index is 12.6. The van der Waals surface area contributed by atoms with Gasteiger partial charge in [-0.05, 0) is 62.9 Å². The summed E-state index contributed by atoms with van der Waals surface area (Å²) in [5.74, 6) is 2.77. The molecule has 8 nitrogen and oxygen atoms in total. The first-order chi connectivity index (χ1) is 20.7. The van der Waals surface area contributed by atoms with E-state index in [0.717, 1.165) is 58.8 Å². The average molecular weight is 583 g/mol. The van der Waals surface area contributed by atoms with Crippen molar-refractivity contribution < 1.29 is 19.1 Å². The summed E-state index contributed by atoms with van der Waals surface area (Å²) in [5, 5.41) is 3.36. The average Bonchev–Trinajstić information content (AvgIpc) is 3.34. The van der Waals surface area contributed by atoms with Crippen molar-refractivity contribution in [2.75, 3.05) is 11.9 Å². The molecule has 43 heavy (non-hydrogen) atoms. The van der Waals surface area contributed by atoms with Crippen LogP contribution in [0.5, 0.6) is 5.75 Å². The van der Waals surface area contributed by atoms with E-state index in [2.05, 4.69) is 28.9 Å². The molecule has 0 unspecified atom stereocenters. The van der Waals surface area contributed by atoms with Crippen molar-refractivity contribution in [1.29, 1.82) is 0 Å². The molecule has 0 radical (unpaired) electrons. The quantitative estimate of drug-likeness (QED) is 0.150. The van der Waals surface area contributed by atoms with E-state index in [1.165, 1.54) is 19.3 Å². The first-order valence-corrected chi connectivity index (χ1v) is 15.4. The van der Waals surface area contributed by atoms with Gasteiger partial charge in [0.2, 0.25) is 0 Å².